The number of nitrogens with zero attached hydrogens (tertiary/aromatic N) is 1. The number of hydrogen-bond donors (Lipinski definition) is 1. The molecule has 1 rings (SSSR count). The number of thiazole rings is 1. The predicted octanol–water partition coefficient (Wildman–Crippen LogP) is 2.72. The molecule has 0 amide bonds. The lowest BCUT2D eigenvalue weighted by molar-refractivity contribution is 0.441. The van der Waals surface area contributed by atoms with Crippen molar-refractivity contribution >= 4 is 11.3 Å². The van der Waals surface area contributed by atoms with Crippen molar-refractivity contribution in [2.45, 2.75) is 39.2 Å². The van der Waals surface area contributed by atoms with Gasteiger partial charge in [-0.2, -0.15) is 0 Å². The second-order valence-electron chi connectivity index (χ2n) is 4.11. The molecule has 0 fully saturated rings. The lowest BCUT2D eigenvalue weighted by Crippen LogP contribution is -2.32. The molecule has 0 saturated heterocycles. The average Bonchev–Trinajstić information content (AvgIpc) is 2.52. The third-order valence-electron chi connectivity index (χ3n) is 2.27. The van der Waals surface area contributed by atoms with Crippen molar-refractivity contribution < 1.29 is 0 Å². The molecule has 2 nitrogen and oxygen atoms in total. The van der Waals surface area contributed by atoms with Crippen LogP contribution in [0.1, 0.15) is 44.3 Å². The Morgan fingerprint density at radius 2 is 2.08 bits per heavy atom. The lowest BCUT2D eigenvalue weighted by Gasteiger charge is -2.20. The van der Waals surface area contributed by atoms with Gasteiger partial charge in [0.1, 0.15) is 5.01 Å². The highest BCUT2D eigenvalue weighted by molar-refractivity contribution is 7.09. The van der Waals surface area contributed by atoms with Gasteiger partial charge in [0.25, 0.3) is 0 Å². The largest absolute Gasteiger partial charge is 0.309 e. The third kappa shape index (κ3) is 2.29. The Balaban J connectivity index is 2.91. The maximum Gasteiger partial charge on any atom is 0.112 e. The summed E-state index contributed by atoms with van der Waals surface area (Å²) in [4.78, 5) is 4.61. The monoisotopic (exact) mass is 198 g/mol. The van der Waals surface area contributed by atoms with Crippen molar-refractivity contribution in [1.82, 2.24) is 10.3 Å². The maximum absolute atomic E-state index is 4.61. The van der Waals surface area contributed by atoms with E-state index in [1.54, 1.807) is 11.3 Å². The van der Waals surface area contributed by atoms with E-state index in [-0.39, 0.29) is 5.54 Å². The van der Waals surface area contributed by atoms with E-state index in [1.165, 1.54) is 10.7 Å². The van der Waals surface area contributed by atoms with E-state index in [1.807, 2.05) is 7.05 Å². The smallest absolute Gasteiger partial charge is 0.112 e. The molecule has 0 aliphatic carbocycles. The molecule has 1 N–H and O–H groups in total. The SMILES string of the molecule is CNC(C)(C)c1nc(C(C)C)cs1. The maximum atomic E-state index is 4.61. The van der Waals surface area contributed by atoms with Gasteiger partial charge >= 0.3 is 0 Å². The van der Waals surface area contributed by atoms with Gasteiger partial charge in [-0.05, 0) is 26.8 Å². The topological polar surface area (TPSA) is 24.9 Å². The Kier molecular flexibility index (Phi) is 3.09. The van der Waals surface area contributed by atoms with E-state index in [9.17, 15) is 0 Å². The minimum atomic E-state index is -0.00218. The molecule has 0 aliphatic heterocycles. The van der Waals surface area contributed by atoms with Crippen LogP contribution in [0.25, 0.3) is 0 Å². The molecule has 0 atom stereocenters. The van der Waals surface area contributed by atoms with E-state index in [4.69, 9.17) is 0 Å². The summed E-state index contributed by atoms with van der Waals surface area (Å²) in [6, 6.07) is 0. The van der Waals surface area contributed by atoms with Gasteiger partial charge in [-0.25, -0.2) is 4.98 Å². The van der Waals surface area contributed by atoms with Crippen LogP contribution in [-0.2, 0) is 5.54 Å². The standard InChI is InChI=1S/C10H18N2S/c1-7(2)8-6-13-9(12-8)10(3,4)11-5/h6-7,11H,1-5H3. The quantitative estimate of drug-likeness (QED) is 0.807. The van der Waals surface area contributed by atoms with Gasteiger partial charge in [-0.15, -0.1) is 11.3 Å². The van der Waals surface area contributed by atoms with Crippen molar-refractivity contribution in [3.05, 3.63) is 16.1 Å². The van der Waals surface area contributed by atoms with Crippen molar-refractivity contribution in [2.24, 2.45) is 0 Å². The highest BCUT2D eigenvalue weighted by Gasteiger charge is 2.22. The van der Waals surface area contributed by atoms with Crippen LogP contribution in [0, 0.1) is 0 Å². The summed E-state index contributed by atoms with van der Waals surface area (Å²) >= 11 is 1.74. The van der Waals surface area contributed by atoms with Crippen molar-refractivity contribution in [3.8, 4) is 0 Å². The van der Waals surface area contributed by atoms with Crippen LogP contribution in [0.15, 0.2) is 5.38 Å². The molecule has 1 heterocycles. The summed E-state index contributed by atoms with van der Waals surface area (Å²) in [7, 11) is 1.97. The van der Waals surface area contributed by atoms with E-state index in [0.717, 1.165) is 0 Å². The highest BCUT2D eigenvalue weighted by Crippen LogP contribution is 2.26. The fraction of sp³-hybridized carbons (Fsp3) is 0.700. The third-order valence-corrected chi connectivity index (χ3v) is 3.46. The van der Waals surface area contributed by atoms with Crippen LogP contribution in [0.5, 0.6) is 0 Å². The fourth-order valence-corrected chi connectivity index (χ4v) is 2.06. The number of aromatic nitrogens is 1. The molecule has 0 spiro atoms. The molecule has 0 aromatic carbocycles. The van der Waals surface area contributed by atoms with Gasteiger partial charge in [-0.1, -0.05) is 13.8 Å². The first-order valence-electron chi connectivity index (χ1n) is 4.62. The summed E-state index contributed by atoms with van der Waals surface area (Å²) in [5, 5.41) is 6.58. The van der Waals surface area contributed by atoms with Crippen LogP contribution in [0.3, 0.4) is 0 Å². The van der Waals surface area contributed by atoms with Crippen molar-refractivity contribution in [3.63, 3.8) is 0 Å². The molecular formula is C10H18N2S. The molecule has 74 valence electrons. The molecule has 0 aliphatic rings. The summed E-state index contributed by atoms with van der Waals surface area (Å²) in [6.07, 6.45) is 0. The fourth-order valence-electron chi connectivity index (χ4n) is 0.945. The van der Waals surface area contributed by atoms with E-state index in [2.05, 4.69) is 43.4 Å². The molecule has 3 heteroatoms. The Hall–Kier alpha value is -0.410. The second-order valence-corrected chi connectivity index (χ2v) is 4.97. The van der Waals surface area contributed by atoms with E-state index < -0.39 is 0 Å². The van der Waals surface area contributed by atoms with Crippen LogP contribution in [0.2, 0.25) is 0 Å². The molecule has 0 radical (unpaired) electrons. The number of nitrogens with one attached hydrogen (secondary N) is 1. The Morgan fingerprint density at radius 3 is 2.46 bits per heavy atom. The van der Waals surface area contributed by atoms with E-state index >= 15 is 0 Å². The normalized spacial score (nSPS) is 12.5. The van der Waals surface area contributed by atoms with Crippen LogP contribution in [-0.4, -0.2) is 12.0 Å². The van der Waals surface area contributed by atoms with Gasteiger partial charge in [-0.3, -0.25) is 0 Å². The van der Waals surface area contributed by atoms with Crippen LogP contribution >= 0.6 is 11.3 Å². The van der Waals surface area contributed by atoms with Gasteiger partial charge in [0.2, 0.25) is 0 Å². The molecule has 1 aromatic heterocycles. The number of hydrogen-bond acceptors (Lipinski definition) is 3. The Bertz CT molecular complexity index is 276. The van der Waals surface area contributed by atoms with Crippen molar-refractivity contribution in [1.29, 1.82) is 0 Å². The zero-order valence-electron chi connectivity index (χ0n) is 9.01. The summed E-state index contributed by atoms with van der Waals surface area (Å²) in [6.45, 7) is 8.64. The van der Waals surface area contributed by atoms with E-state index in [0.29, 0.717) is 5.92 Å². The highest BCUT2D eigenvalue weighted by atomic mass is 32.1. The summed E-state index contributed by atoms with van der Waals surface area (Å²) < 4.78 is 0. The molecular weight excluding hydrogens is 180 g/mol. The number of rotatable bonds is 3. The van der Waals surface area contributed by atoms with Crippen LogP contribution < -0.4 is 5.32 Å². The van der Waals surface area contributed by atoms with Crippen molar-refractivity contribution in [2.75, 3.05) is 7.05 Å². The zero-order chi connectivity index (χ0) is 10.1. The van der Waals surface area contributed by atoms with Gasteiger partial charge < -0.3 is 5.32 Å². The van der Waals surface area contributed by atoms with Gasteiger partial charge in [0, 0.05) is 5.38 Å². The first kappa shape index (κ1) is 10.7. The summed E-state index contributed by atoms with van der Waals surface area (Å²) in [5.41, 5.74) is 1.20. The summed E-state index contributed by atoms with van der Waals surface area (Å²) in [5.74, 6) is 0.526. The molecule has 13 heavy (non-hydrogen) atoms. The van der Waals surface area contributed by atoms with Crippen LogP contribution in [0.4, 0.5) is 0 Å². The lowest BCUT2D eigenvalue weighted by atomic mass is 10.1. The van der Waals surface area contributed by atoms with Gasteiger partial charge in [0.15, 0.2) is 0 Å². The average molecular weight is 198 g/mol. The second kappa shape index (κ2) is 3.76. The molecule has 0 saturated carbocycles. The van der Waals surface area contributed by atoms with Gasteiger partial charge in [0.05, 0.1) is 11.2 Å². The minimum absolute atomic E-state index is 0.00218. The molecule has 0 bridgehead atoms. The first-order chi connectivity index (χ1) is 5.97. The zero-order valence-corrected chi connectivity index (χ0v) is 9.83. The Morgan fingerprint density at radius 1 is 1.46 bits per heavy atom. The predicted molar refractivity (Wildman–Crippen MR) is 58.3 cm³/mol. The minimum Gasteiger partial charge on any atom is -0.309 e. The molecule has 1 aromatic rings. The first-order valence-corrected chi connectivity index (χ1v) is 5.50. The molecule has 0 unspecified atom stereocenters. The Labute approximate surface area is 84.4 Å².